The molecule has 6 atom stereocenters. The summed E-state index contributed by atoms with van der Waals surface area (Å²) in [6, 6.07) is 8.30. The molecule has 0 radical (unpaired) electrons. The van der Waals surface area contributed by atoms with Crippen molar-refractivity contribution in [1.82, 2.24) is 5.01 Å². The van der Waals surface area contributed by atoms with Gasteiger partial charge in [-0.05, 0) is 60.4 Å². The molecule has 0 spiro atoms. The van der Waals surface area contributed by atoms with Crippen LogP contribution in [0.4, 0.5) is 0 Å². The summed E-state index contributed by atoms with van der Waals surface area (Å²) in [5.41, 5.74) is 0.867. The number of halogens is 1. The minimum absolute atomic E-state index is 0.163. The average molecular weight is 451 g/mol. The molecular weight excluding hydrogens is 432 g/mol. The molecule has 1 saturated heterocycles. The molecule has 162 valence electrons. The van der Waals surface area contributed by atoms with Crippen LogP contribution in [0.5, 0.6) is 0 Å². The topological polar surface area (TPSA) is 89.2 Å². The third-order valence-corrected chi connectivity index (χ3v) is 7.55. The van der Waals surface area contributed by atoms with Crippen molar-refractivity contribution in [3.05, 3.63) is 58.8 Å². The fourth-order valence-electron chi connectivity index (χ4n) is 5.69. The highest BCUT2D eigenvalue weighted by Crippen LogP contribution is 2.65. The maximum absolute atomic E-state index is 13.0. The lowest BCUT2D eigenvalue weighted by atomic mass is 9.63. The van der Waals surface area contributed by atoms with Crippen molar-refractivity contribution in [2.24, 2.45) is 40.6 Å². The molecule has 7 nitrogen and oxygen atoms in total. The van der Waals surface area contributed by atoms with Gasteiger partial charge in [0.25, 0.3) is 11.8 Å². The van der Waals surface area contributed by atoms with Gasteiger partial charge in [-0.1, -0.05) is 23.8 Å². The number of allylic oxidation sites excluding steroid dienone is 2. The summed E-state index contributed by atoms with van der Waals surface area (Å²) in [6.45, 7) is 0. The molecule has 1 aliphatic heterocycles. The molecule has 1 aromatic carbocycles. The maximum Gasteiger partial charge on any atom is 0.339 e. The van der Waals surface area contributed by atoms with Gasteiger partial charge in [0.15, 0.2) is 0 Å². The molecule has 2 heterocycles. The fraction of sp³-hybridized carbons (Fsp3) is 0.333. The van der Waals surface area contributed by atoms with Crippen molar-refractivity contribution in [3.63, 3.8) is 0 Å². The Hall–Kier alpha value is -3.19. The number of rotatable bonds is 4. The predicted octanol–water partition coefficient (Wildman–Crippen LogP) is 3.77. The molecule has 2 bridgehead atoms. The summed E-state index contributed by atoms with van der Waals surface area (Å²) in [7, 11) is 1.29. The number of ether oxygens (including phenoxy) is 1. The van der Waals surface area contributed by atoms with Crippen LogP contribution < -0.4 is 0 Å². The number of carbonyl (C=O) groups excluding carboxylic acids is 3. The first-order chi connectivity index (χ1) is 15.5. The second-order valence-corrected chi connectivity index (χ2v) is 9.18. The Morgan fingerprint density at radius 3 is 2.47 bits per heavy atom. The van der Waals surface area contributed by atoms with E-state index < -0.39 is 5.97 Å². The number of methoxy groups -OCH3 is 1. The molecule has 2 saturated carbocycles. The number of hydrogen-bond acceptors (Lipinski definition) is 6. The van der Waals surface area contributed by atoms with Gasteiger partial charge in [-0.25, -0.2) is 4.79 Å². The third-order valence-electron chi connectivity index (χ3n) is 7.22. The van der Waals surface area contributed by atoms with Crippen molar-refractivity contribution in [2.75, 3.05) is 7.11 Å². The Morgan fingerprint density at radius 1 is 1.12 bits per heavy atom. The third kappa shape index (κ3) is 2.73. The molecule has 8 heteroatoms. The summed E-state index contributed by atoms with van der Waals surface area (Å²) >= 11 is 6.07. The molecular formula is C24H19ClN2O5. The van der Waals surface area contributed by atoms with Crippen molar-refractivity contribution in [3.8, 4) is 11.3 Å². The van der Waals surface area contributed by atoms with Crippen molar-refractivity contribution in [2.45, 2.75) is 6.42 Å². The quantitative estimate of drug-likeness (QED) is 0.306. The number of amides is 2. The lowest BCUT2D eigenvalue weighted by Crippen LogP contribution is -2.40. The van der Waals surface area contributed by atoms with Crippen molar-refractivity contribution in [1.29, 1.82) is 0 Å². The number of benzene rings is 1. The van der Waals surface area contributed by atoms with Gasteiger partial charge in [0.05, 0.1) is 35.7 Å². The van der Waals surface area contributed by atoms with E-state index in [1.807, 2.05) is 0 Å². The van der Waals surface area contributed by atoms with Crippen LogP contribution in [0.15, 0.2) is 52.0 Å². The van der Waals surface area contributed by atoms with Gasteiger partial charge < -0.3 is 9.15 Å². The smallest absolute Gasteiger partial charge is 0.339 e. The number of hydrogen-bond donors (Lipinski definition) is 0. The van der Waals surface area contributed by atoms with E-state index in [1.165, 1.54) is 13.3 Å². The van der Waals surface area contributed by atoms with Crippen LogP contribution >= 0.6 is 11.6 Å². The molecule has 7 rings (SSSR count). The van der Waals surface area contributed by atoms with Crippen LogP contribution in [0.1, 0.15) is 22.5 Å². The zero-order valence-electron chi connectivity index (χ0n) is 17.1. The van der Waals surface area contributed by atoms with Crippen molar-refractivity contribution < 1.29 is 23.5 Å². The van der Waals surface area contributed by atoms with E-state index in [4.69, 9.17) is 20.8 Å². The zero-order valence-corrected chi connectivity index (χ0v) is 17.9. The van der Waals surface area contributed by atoms with E-state index in [0.717, 1.165) is 11.4 Å². The first-order valence-electron chi connectivity index (χ1n) is 10.6. The van der Waals surface area contributed by atoms with E-state index in [1.54, 1.807) is 30.3 Å². The van der Waals surface area contributed by atoms with Gasteiger partial charge in [-0.3, -0.25) is 9.59 Å². The summed E-state index contributed by atoms with van der Waals surface area (Å²) in [5, 5.41) is 5.49. The monoisotopic (exact) mass is 450 g/mol. The lowest BCUT2D eigenvalue weighted by molar-refractivity contribution is -0.140. The van der Waals surface area contributed by atoms with Gasteiger partial charge in [-0.15, -0.1) is 0 Å². The van der Waals surface area contributed by atoms with E-state index in [-0.39, 0.29) is 46.1 Å². The largest absolute Gasteiger partial charge is 0.465 e. The Balaban J connectivity index is 1.23. The molecule has 1 aromatic heterocycles. The Morgan fingerprint density at radius 2 is 1.81 bits per heavy atom. The summed E-state index contributed by atoms with van der Waals surface area (Å²) < 4.78 is 10.5. The fourth-order valence-corrected chi connectivity index (χ4v) is 5.89. The molecule has 4 aliphatic carbocycles. The number of nitrogens with zero attached hydrogens (tertiary/aromatic N) is 2. The predicted molar refractivity (Wildman–Crippen MR) is 115 cm³/mol. The van der Waals surface area contributed by atoms with E-state index >= 15 is 0 Å². The minimum Gasteiger partial charge on any atom is -0.465 e. The second kappa shape index (κ2) is 6.90. The summed E-state index contributed by atoms with van der Waals surface area (Å²) in [5.74, 6) is 0.763. The number of imide groups is 1. The first-order valence-corrected chi connectivity index (χ1v) is 10.9. The molecule has 32 heavy (non-hydrogen) atoms. The standard InChI is InChI=1S/C24H19ClN2O5/c1-31-24(30)17-8-11(2-6-18(17)25)19-7-3-12(32-19)10-26-27-22(28)20-13-4-5-14(16-9-15(13)16)21(20)23(27)29/h2-8,10,13-16,20-21H,9H2,1H3. The van der Waals surface area contributed by atoms with Crippen LogP contribution in [0, 0.1) is 35.5 Å². The SMILES string of the molecule is COC(=O)c1cc(-c2ccc(C=NN3C(=O)C4C5C=CC(C6CC56)C4C3=O)o2)ccc1Cl. The average Bonchev–Trinajstić information content (AvgIpc) is 3.44. The van der Waals surface area contributed by atoms with E-state index in [0.29, 0.717) is 28.9 Å². The first kappa shape index (κ1) is 19.5. The molecule has 0 N–H and O–H groups in total. The summed E-state index contributed by atoms with van der Waals surface area (Å²) in [6.07, 6.45) is 6.76. The molecule has 5 aliphatic rings. The lowest BCUT2D eigenvalue weighted by Gasteiger charge is -2.37. The number of furan rings is 1. The molecule has 2 amide bonds. The number of hydrazone groups is 1. The Bertz CT molecular complexity index is 1190. The minimum atomic E-state index is -0.543. The Kier molecular flexibility index (Phi) is 4.21. The highest BCUT2D eigenvalue weighted by molar-refractivity contribution is 6.33. The van der Waals surface area contributed by atoms with Gasteiger partial charge in [0, 0.05) is 5.56 Å². The van der Waals surface area contributed by atoms with Gasteiger partial charge in [0.1, 0.15) is 11.5 Å². The molecule has 3 fully saturated rings. The van der Waals surface area contributed by atoms with Crippen LogP contribution in [-0.2, 0) is 14.3 Å². The van der Waals surface area contributed by atoms with Crippen LogP contribution in [0.2, 0.25) is 5.02 Å². The van der Waals surface area contributed by atoms with Gasteiger partial charge in [-0.2, -0.15) is 10.1 Å². The Labute approximate surface area is 188 Å². The van der Waals surface area contributed by atoms with Gasteiger partial charge >= 0.3 is 5.97 Å². The van der Waals surface area contributed by atoms with Crippen LogP contribution in [0.3, 0.4) is 0 Å². The number of carbonyl (C=O) groups is 3. The van der Waals surface area contributed by atoms with Crippen LogP contribution in [0.25, 0.3) is 11.3 Å². The van der Waals surface area contributed by atoms with Crippen LogP contribution in [-0.4, -0.2) is 36.1 Å². The van der Waals surface area contributed by atoms with Gasteiger partial charge in [0.2, 0.25) is 0 Å². The highest BCUT2D eigenvalue weighted by atomic mass is 35.5. The molecule has 6 unspecified atom stereocenters. The second-order valence-electron chi connectivity index (χ2n) is 8.78. The van der Waals surface area contributed by atoms with Crippen molar-refractivity contribution >= 4 is 35.6 Å². The normalized spacial score (nSPS) is 31.9. The maximum atomic E-state index is 13.0. The number of esters is 1. The molecule has 2 aromatic rings. The van der Waals surface area contributed by atoms with E-state index in [2.05, 4.69) is 17.3 Å². The highest BCUT2D eigenvalue weighted by Gasteiger charge is 2.67. The summed E-state index contributed by atoms with van der Waals surface area (Å²) in [4.78, 5) is 37.9. The van der Waals surface area contributed by atoms with E-state index in [9.17, 15) is 14.4 Å². The zero-order chi connectivity index (χ0) is 22.1.